The van der Waals surface area contributed by atoms with Gasteiger partial charge in [0.25, 0.3) is 0 Å². The van der Waals surface area contributed by atoms with Crippen LogP contribution >= 0.6 is 11.8 Å². The molecule has 0 aliphatic carbocycles. The summed E-state index contributed by atoms with van der Waals surface area (Å²) < 4.78 is 13.2. The van der Waals surface area contributed by atoms with Gasteiger partial charge in [-0.15, -0.1) is 10.2 Å². The van der Waals surface area contributed by atoms with Crippen LogP contribution in [0.1, 0.15) is 5.56 Å². The SMILES string of the molecule is Fc1cccc(CSc2ccc(-c3ccc4ccccc4c3)nn2)c1. The van der Waals surface area contributed by atoms with Crippen LogP contribution < -0.4 is 0 Å². The summed E-state index contributed by atoms with van der Waals surface area (Å²) in [6.45, 7) is 0. The first kappa shape index (κ1) is 15.8. The van der Waals surface area contributed by atoms with Crippen molar-refractivity contribution >= 4 is 22.5 Å². The van der Waals surface area contributed by atoms with Crippen LogP contribution in [-0.2, 0) is 5.75 Å². The lowest BCUT2D eigenvalue weighted by molar-refractivity contribution is 0.626. The van der Waals surface area contributed by atoms with Crippen LogP contribution in [0.15, 0.2) is 83.9 Å². The summed E-state index contributed by atoms with van der Waals surface area (Å²) in [6.07, 6.45) is 0. The zero-order chi connectivity index (χ0) is 17.1. The maximum Gasteiger partial charge on any atom is 0.123 e. The molecule has 0 atom stereocenters. The summed E-state index contributed by atoms with van der Waals surface area (Å²) >= 11 is 1.55. The molecule has 0 amide bonds. The Morgan fingerprint density at radius 1 is 0.760 bits per heavy atom. The zero-order valence-corrected chi connectivity index (χ0v) is 14.2. The second kappa shape index (κ2) is 7.03. The molecule has 0 fully saturated rings. The predicted molar refractivity (Wildman–Crippen MR) is 101 cm³/mol. The number of halogens is 1. The Bertz CT molecular complexity index is 1020. The van der Waals surface area contributed by atoms with Gasteiger partial charge in [-0.2, -0.15) is 0 Å². The van der Waals surface area contributed by atoms with E-state index in [9.17, 15) is 4.39 Å². The zero-order valence-electron chi connectivity index (χ0n) is 13.4. The molecule has 0 bridgehead atoms. The number of nitrogens with zero attached hydrogens (tertiary/aromatic N) is 2. The minimum atomic E-state index is -0.212. The molecule has 1 aromatic heterocycles. The Labute approximate surface area is 149 Å². The summed E-state index contributed by atoms with van der Waals surface area (Å²) in [4.78, 5) is 0. The summed E-state index contributed by atoms with van der Waals surface area (Å²) in [5.74, 6) is 0.456. The van der Waals surface area contributed by atoms with Crippen molar-refractivity contribution in [3.63, 3.8) is 0 Å². The molecule has 0 N–H and O–H groups in total. The highest BCUT2D eigenvalue weighted by Gasteiger charge is 2.04. The lowest BCUT2D eigenvalue weighted by Crippen LogP contribution is -1.90. The third-order valence-corrected chi connectivity index (χ3v) is 4.95. The third kappa shape index (κ3) is 3.69. The number of benzene rings is 3. The molecule has 0 aliphatic rings. The first-order valence-electron chi connectivity index (χ1n) is 7.98. The monoisotopic (exact) mass is 346 g/mol. The quantitative estimate of drug-likeness (QED) is 0.441. The van der Waals surface area contributed by atoms with Gasteiger partial charge in [0.15, 0.2) is 0 Å². The van der Waals surface area contributed by atoms with Crippen LogP contribution in [0.25, 0.3) is 22.0 Å². The third-order valence-electron chi connectivity index (χ3n) is 3.96. The van der Waals surface area contributed by atoms with Crippen molar-refractivity contribution in [3.05, 3.63) is 90.2 Å². The first-order valence-corrected chi connectivity index (χ1v) is 8.97. The second-order valence-electron chi connectivity index (χ2n) is 5.74. The molecule has 0 unspecified atom stereocenters. The highest BCUT2D eigenvalue weighted by atomic mass is 32.2. The van der Waals surface area contributed by atoms with Crippen LogP contribution in [0.4, 0.5) is 4.39 Å². The maximum absolute atomic E-state index is 13.2. The van der Waals surface area contributed by atoms with Gasteiger partial charge in [0.1, 0.15) is 10.8 Å². The lowest BCUT2D eigenvalue weighted by Gasteiger charge is -2.05. The van der Waals surface area contributed by atoms with Crippen molar-refractivity contribution in [3.8, 4) is 11.3 Å². The van der Waals surface area contributed by atoms with Gasteiger partial charge in [-0.3, -0.25) is 0 Å². The average molecular weight is 346 g/mol. The molecule has 0 spiro atoms. The minimum Gasteiger partial charge on any atom is -0.207 e. The molecule has 0 aliphatic heterocycles. The highest BCUT2D eigenvalue weighted by molar-refractivity contribution is 7.98. The van der Waals surface area contributed by atoms with Crippen molar-refractivity contribution in [2.24, 2.45) is 0 Å². The van der Waals surface area contributed by atoms with Gasteiger partial charge in [-0.05, 0) is 46.7 Å². The Hall–Kier alpha value is -2.72. The lowest BCUT2D eigenvalue weighted by atomic mass is 10.1. The van der Waals surface area contributed by atoms with Crippen LogP contribution in [0.5, 0.6) is 0 Å². The number of thioether (sulfide) groups is 1. The topological polar surface area (TPSA) is 25.8 Å². The van der Waals surface area contributed by atoms with E-state index in [-0.39, 0.29) is 5.82 Å². The fourth-order valence-electron chi connectivity index (χ4n) is 2.68. The number of rotatable bonds is 4. The summed E-state index contributed by atoms with van der Waals surface area (Å²) in [5.41, 5.74) is 2.83. The maximum atomic E-state index is 13.2. The smallest absolute Gasteiger partial charge is 0.123 e. The standard InChI is InChI=1S/C21H15FN2S/c22-19-7-3-4-15(12-19)14-25-21-11-10-20(23-24-21)18-9-8-16-5-1-2-6-17(16)13-18/h1-13H,14H2. The Morgan fingerprint density at radius 3 is 2.44 bits per heavy atom. The fraction of sp³-hybridized carbons (Fsp3) is 0.0476. The molecule has 0 radical (unpaired) electrons. The highest BCUT2D eigenvalue weighted by Crippen LogP contribution is 2.25. The van der Waals surface area contributed by atoms with E-state index < -0.39 is 0 Å². The number of aromatic nitrogens is 2. The molecule has 0 saturated carbocycles. The summed E-state index contributed by atoms with van der Waals surface area (Å²) in [6, 6.07) is 25.1. The van der Waals surface area contributed by atoms with Crippen molar-refractivity contribution in [1.29, 1.82) is 0 Å². The first-order chi connectivity index (χ1) is 12.3. The fourth-order valence-corrected chi connectivity index (χ4v) is 3.44. The molecule has 4 rings (SSSR count). The van der Waals surface area contributed by atoms with E-state index in [1.807, 2.05) is 30.3 Å². The molecule has 3 aromatic carbocycles. The number of hydrogen-bond acceptors (Lipinski definition) is 3. The van der Waals surface area contributed by atoms with Crippen molar-refractivity contribution in [2.45, 2.75) is 10.8 Å². The molecule has 4 heteroatoms. The van der Waals surface area contributed by atoms with Gasteiger partial charge in [0.2, 0.25) is 0 Å². The van der Waals surface area contributed by atoms with Gasteiger partial charge >= 0.3 is 0 Å². The number of hydrogen-bond donors (Lipinski definition) is 0. The number of fused-ring (bicyclic) bond motifs is 1. The summed E-state index contributed by atoms with van der Waals surface area (Å²) in [5, 5.41) is 11.9. The van der Waals surface area contributed by atoms with E-state index >= 15 is 0 Å². The molecular formula is C21H15FN2S. The minimum absolute atomic E-state index is 0.212. The average Bonchev–Trinajstić information content (AvgIpc) is 2.66. The second-order valence-corrected chi connectivity index (χ2v) is 6.73. The molecule has 1 heterocycles. The predicted octanol–water partition coefficient (Wildman–Crippen LogP) is 5.73. The van der Waals surface area contributed by atoms with E-state index in [1.54, 1.807) is 23.9 Å². The van der Waals surface area contributed by atoms with Crippen LogP contribution in [0.3, 0.4) is 0 Å². The van der Waals surface area contributed by atoms with Crippen molar-refractivity contribution in [2.75, 3.05) is 0 Å². The van der Waals surface area contributed by atoms with Gasteiger partial charge in [0.05, 0.1) is 5.69 Å². The molecule has 25 heavy (non-hydrogen) atoms. The normalized spacial score (nSPS) is 10.9. The van der Waals surface area contributed by atoms with Crippen molar-refractivity contribution in [1.82, 2.24) is 10.2 Å². The van der Waals surface area contributed by atoms with E-state index in [4.69, 9.17) is 0 Å². The Morgan fingerprint density at radius 2 is 1.64 bits per heavy atom. The summed E-state index contributed by atoms with van der Waals surface area (Å²) in [7, 11) is 0. The molecule has 0 saturated heterocycles. The van der Waals surface area contributed by atoms with E-state index in [0.29, 0.717) is 5.75 Å². The Balaban J connectivity index is 1.50. The Kier molecular flexibility index (Phi) is 4.44. The van der Waals surface area contributed by atoms with E-state index in [2.05, 4.69) is 40.5 Å². The van der Waals surface area contributed by atoms with Gasteiger partial charge in [-0.1, -0.05) is 60.3 Å². The van der Waals surface area contributed by atoms with Crippen molar-refractivity contribution < 1.29 is 4.39 Å². The molecule has 122 valence electrons. The van der Waals surface area contributed by atoms with Crippen LogP contribution in [0.2, 0.25) is 0 Å². The van der Waals surface area contributed by atoms with Gasteiger partial charge in [0, 0.05) is 11.3 Å². The van der Waals surface area contributed by atoms with Crippen LogP contribution in [0, 0.1) is 5.82 Å². The van der Waals surface area contributed by atoms with E-state index in [0.717, 1.165) is 21.8 Å². The largest absolute Gasteiger partial charge is 0.207 e. The van der Waals surface area contributed by atoms with Crippen LogP contribution in [-0.4, -0.2) is 10.2 Å². The van der Waals surface area contributed by atoms with E-state index in [1.165, 1.54) is 16.8 Å². The van der Waals surface area contributed by atoms with Gasteiger partial charge < -0.3 is 0 Å². The molecule has 4 aromatic rings. The van der Waals surface area contributed by atoms with Gasteiger partial charge in [-0.25, -0.2) is 4.39 Å². The molecule has 2 nitrogen and oxygen atoms in total. The molecular weight excluding hydrogens is 331 g/mol.